The molecule has 0 saturated carbocycles. The van der Waals surface area contributed by atoms with Crippen LogP contribution in [0.2, 0.25) is 0 Å². The number of piperidine rings is 3. The average molecular weight is 480 g/mol. The number of carbonyl (C=O) groups is 1. The van der Waals surface area contributed by atoms with E-state index in [9.17, 15) is 4.79 Å². The molecule has 3 heterocycles. The van der Waals surface area contributed by atoms with Gasteiger partial charge in [-0.1, -0.05) is 55.5 Å². The van der Waals surface area contributed by atoms with Gasteiger partial charge in [0.1, 0.15) is 0 Å². The lowest BCUT2D eigenvalue weighted by Crippen LogP contribution is -2.68. The zero-order valence-corrected chi connectivity index (χ0v) is 21.7. The molecular weight excluding hydrogens is 438 g/mol. The summed E-state index contributed by atoms with van der Waals surface area (Å²) in [7, 11) is 1.68. The second kappa shape index (κ2) is 11.1. The summed E-state index contributed by atoms with van der Waals surface area (Å²) in [6.45, 7) is 11.4. The van der Waals surface area contributed by atoms with Gasteiger partial charge in [0.05, 0.1) is 30.9 Å². The minimum absolute atomic E-state index is 0.0713. The first-order valence-corrected chi connectivity index (χ1v) is 12.9. The minimum atomic E-state index is -0.477. The number of benzene rings is 2. The molecule has 2 aromatic rings. The second-order valence-electron chi connectivity index (χ2n) is 10.6. The number of amides is 2. The number of nitrogens with zero attached hydrogens (tertiary/aromatic N) is 1. The maximum atomic E-state index is 13.1. The van der Waals surface area contributed by atoms with Crippen LogP contribution in [0.5, 0.6) is 0 Å². The third kappa shape index (κ3) is 6.05. The van der Waals surface area contributed by atoms with Crippen LogP contribution in [-0.2, 0) is 21.6 Å². The van der Waals surface area contributed by atoms with E-state index >= 15 is 0 Å². The van der Waals surface area contributed by atoms with Gasteiger partial charge in [0.15, 0.2) is 0 Å². The summed E-state index contributed by atoms with van der Waals surface area (Å²) in [5.41, 5.74) is 3.95. The normalized spacial score (nSPS) is 23.8. The molecule has 5 rings (SSSR count). The summed E-state index contributed by atoms with van der Waals surface area (Å²) in [6, 6.07) is 16.9. The molecule has 35 heavy (non-hydrogen) atoms. The molecule has 1 atom stereocenters. The number of carbonyl (C=O) groups excluding carboxylic acids is 1. The molecule has 2 bridgehead atoms. The van der Waals surface area contributed by atoms with Gasteiger partial charge in [-0.05, 0) is 74.4 Å². The molecule has 3 saturated heterocycles. The Morgan fingerprint density at radius 1 is 1.03 bits per heavy atom. The predicted molar refractivity (Wildman–Crippen MR) is 140 cm³/mol. The van der Waals surface area contributed by atoms with E-state index in [4.69, 9.17) is 9.47 Å². The van der Waals surface area contributed by atoms with E-state index < -0.39 is 5.54 Å². The molecule has 2 N–H and O–H groups in total. The molecule has 6 nitrogen and oxygen atoms in total. The Morgan fingerprint density at radius 2 is 1.66 bits per heavy atom. The molecule has 2 aromatic carbocycles. The molecule has 0 spiro atoms. The molecule has 6 heteroatoms. The Kier molecular flexibility index (Phi) is 8.15. The zero-order valence-electron chi connectivity index (χ0n) is 21.7. The molecule has 2 amide bonds. The standard InChI is InChI=1S/C29H41N3O3/c1-5-29(21-32-16-14-26(29)15-17-32)31-27(33)30-28(2,3)25-12-10-24(11-13-25)23-8-6-22(7-9-23)20-35-19-18-34-4/h6-13,26H,5,14-21H2,1-4H3,(H2,30,31,33). The Morgan fingerprint density at radius 3 is 2.20 bits per heavy atom. The fraction of sp³-hybridized carbons (Fsp3) is 0.552. The highest BCUT2D eigenvalue weighted by molar-refractivity contribution is 5.76. The average Bonchev–Trinajstić information content (AvgIpc) is 2.87. The molecule has 0 aliphatic carbocycles. The lowest BCUT2D eigenvalue weighted by Gasteiger charge is -2.53. The lowest BCUT2D eigenvalue weighted by molar-refractivity contribution is 0.00985. The minimum Gasteiger partial charge on any atom is -0.382 e. The van der Waals surface area contributed by atoms with Gasteiger partial charge in [0.25, 0.3) is 0 Å². The quantitative estimate of drug-likeness (QED) is 0.475. The molecule has 3 aliphatic heterocycles. The van der Waals surface area contributed by atoms with Gasteiger partial charge in [0.2, 0.25) is 0 Å². The molecule has 0 radical (unpaired) electrons. The summed E-state index contributed by atoms with van der Waals surface area (Å²) in [5.74, 6) is 0.578. The highest BCUT2D eigenvalue weighted by Crippen LogP contribution is 2.38. The van der Waals surface area contributed by atoms with Crippen molar-refractivity contribution >= 4 is 6.03 Å². The summed E-state index contributed by atoms with van der Waals surface area (Å²) < 4.78 is 10.6. The van der Waals surface area contributed by atoms with Crippen molar-refractivity contribution in [2.24, 2.45) is 5.92 Å². The number of fused-ring (bicyclic) bond motifs is 3. The van der Waals surface area contributed by atoms with E-state index in [2.05, 4.69) is 84.8 Å². The van der Waals surface area contributed by atoms with Gasteiger partial charge < -0.3 is 25.0 Å². The largest absolute Gasteiger partial charge is 0.382 e. The molecular formula is C29H41N3O3. The van der Waals surface area contributed by atoms with E-state index in [0.29, 0.717) is 25.7 Å². The highest BCUT2D eigenvalue weighted by Gasteiger charge is 2.46. The zero-order chi connectivity index (χ0) is 24.9. The number of rotatable bonds is 10. The van der Waals surface area contributed by atoms with Crippen LogP contribution in [0, 0.1) is 5.92 Å². The van der Waals surface area contributed by atoms with Gasteiger partial charge in [-0.2, -0.15) is 0 Å². The number of ether oxygens (including phenoxy) is 2. The number of urea groups is 1. The summed E-state index contributed by atoms with van der Waals surface area (Å²) >= 11 is 0. The molecule has 1 unspecified atom stereocenters. The third-order valence-electron chi connectivity index (χ3n) is 7.89. The van der Waals surface area contributed by atoms with Crippen LogP contribution in [0.25, 0.3) is 11.1 Å². The van der Waals surface area contributed by atoms with Gasteiger partial charge in [0, 0.05) is 13.7 Å². The van der Waals surface area contributed by atoms with E-state index in [-0.39, 0.29) is 11.6 Å². The Bertz CT molecular complexity index is 966. The van der Waals surface area contributed by atoms with E-state index in [1.54, 1.807) is 7.11 Å². The smallest absolute Gasteiger partial charge is 0.315 e. The van der Waals surface area contributed by atoms with Crippen molar-refractivity contribution in [1.82, 2.24) is 15.5 Å². The van der Waals surface area contributed by atoms with Crippen LogP contribution in [0.15, 0.2) is 48.5 Å². The van der Waals surface area contributed by atoms with Crippen molar-refractivity contribution < 1.29 is 14.3 Å². The van der Waals surface area contributed by atoms with Crippen molar-refractivity contribution in [3.05, 3.63) is 59.7 Å². The molecule has 3 fully saturated rings. The van der Waals surface area contributed by atoms with Crippen LogP contribution in [0.3, 0.4) is 0 Å². The third-order valence-corrected chi connectivity index (χ3v) is 7.89. The second-order valence-corrected chi connectivity index (χ2v) is 10.6. The van der Waals surface area contributed by atoms with Crippen molar-refractivity contribution in [3.8, 4) is 11.1 Å². The predicted octanol–water partition coefficient (Wildman–Crippen LogP) is 4.93. The van der Waals surface area contributed by atoms with Gasteiger partial charge in [-0.3, -0.25) is 0 Å². The van der Waals surface area contributed by atoms with Gasteiger partial charge in [-0.15, -0.1) is 0 Å². The van der Waals surface area contributed by atoms with Crippen molar-refractivity contribution in [3.63, 3.8) is 0 Å². The van der Waals surface area contributed by atoms with Crippen LogP contribution in [-0.4, -0.2) is 56.4 Å². The lowest BCUT2D eigenvalue weighted by atomic mass is 9.71. The molecule has 3 aliphatic rings. The molecule has 190 valence electrons. The van der Waals surface area contributed by atoms with Crippen LogP contribution in [0.4, 0.5) is 4.79 Å². The SMILES string of the molecule is CCC1(NC(=O)NC(C)(C)c2ccc(-c3ccc(COCCOC)cc3)cc2)CN2CCC1CC2. The van der Waals surface area contributed by atoms with E-state index in [1.807, 2.05) is 0 Å². The first-order valence-electron chi connectivity index (χ1n) is 12.9. The maximum Gasteiger partial charge on any atom is 0.315 e. The van der Waals surface area contributed by atoms with E-state index in [1.165, 1.54) is 25.9 Å². The van der Waals surface area contributed by atoms with Gasteiger partial charge >= 0.3 is 6.03 Å². The monoisotopic (exact) mass is 479 g/mol. The van der Waals surface area contributed by atoms with Crippen molar-refractivity contribution in [2.45, 2.75) is 57.7 Å². The van der Waals surface area contributed by atoms with Crippen molar-refractivity contribution in [1.29, 1.82) is 0 Å². The van der Waals surface area contributed by atoms with Crippen LogP contribution in [0.1, 0.15) is 51.2 Å². The number of hydrogen-bond acceptors (Lipinski definition) is 4. The topological polar surface area (TPSA) is 62.8 Å². The summed E-state index contributed by atoms with van der Waals surface area (Å²) in [4.78, 5) is 15.6. The molecule has 0 aromatic heterocycles. The fourth-order valence-electron chi connectivity index (χ4n) is 5.62. The summed E-state index contributed by atoms with van der Waals surface area (Å²) in [5, 5.41) is 6.64. The van der Waals surface area contributed by atoms with Crippen molar-refractivity contribution in [2.75, 3.05) is 40.0 Å². The Hall–Kier alpha value is -2.41. The Balaban J connectivity index is 1.36. The number of hydrogen-bond donors (Lipinski definition) is 2. The number of nitrogens with one attached hydrogen (secondary N) is 2. The first kappa shape index (κ1) is 25.7. The summed E-state index contributed by atoms with van der Waals surface area (Å²) in [6.07, 6.45) is 3.33. The fourth-order valence-corrected chi connectivity index (χ4v) is 5.62. The Labute approximate surface area is 210 Å². The maximum absolute atomic E-state index is 13.1. The first-order chi connectivity index (χ1) is 16.8. The number of methoxy groups -OCH3 is 1. The van der Waals surface area contributed by atoms with E-state index in [0.717, 1.165) is 35.2 Å². The van der Waals surface area contributed by atoms with Crippen LogP contribution < -0.4 is 10.6 Å². The highest BCUT2D eigenvalue weighted by atomic mass is 16.5. The van der Waals surface area contributed by atoms with Gasteiger partial charge in [-0.25, -0.2) is 4.79 Å². The van der Waals surface area contributed by atoms with Crippen LogP contribution >= 0.6 is 0 Å².